The molecule has 0 saturated heterocycles. The summed E-state index contributed by atoms with van der Waals surface area (Å²) in [7, 11) is 0. The van der Waals surface area contributed by atoms with E-state index in [1.54, 1.807) is 0 Å². The number of pyridine rings is 1. The number of nitrogens with one attached hydrogen (secondary N) is 1. The first kappa shape index (κ1) is 10.9. The van der Waals surface area contributed by atoms with Gasteiger partial charge >= 0.3 is 0 Å². The number of H-pyrrole nitrogens is 1. The van der Waals surface area contributed by atoms with Crippen LogP contribution in [0.1, 0.15) is 31.9 Å². The molecule has 0 aliphatic carbocycles. The normalized spacial score (nSPS) is 11.1. The van der Waals surface area contributed by atoms with Crippen molar-refractivity contribution in [1.82, 2.24) is 4.98 Å². The molecule has 1 N–H and O–H groups in total. The minimum Gasteiger partial charge on any atom is -0.316 e. The number of nitriles is 1. The van der Waals surface area contributed by atoms with Gasteiger partial charge in [-0.15, -0.1) is 12.6 Å². The number of hydrogen-bond donors (Lipinski definition) is 2. The topological polar surface area (TPSA) is 56.6 Å². The monoisotopic (exact) mass is 208 g/mol. The first-order chi connectivity index (χ1) is 6.36. The second-order valence-electron chi connectivity index (χ2n) is 4.13. The average molecular weight is 208 g/mol. The van der Waals surface area contributed by atoms with E-state index in [0.29, 0.717) is 10.6 Å². The average Bonchev–Trinajstić information content (AvgIpc) is 2.01. The molecular weight excluding hydrogens is 196 g/mol. The fourth-order valence-corrected chi connectivity index (χ4v) is 1.53. The number of nitrogens with zero attached hydrogens (tertiary/aromatic N) is 1. The number of rotatable bonds is 0. The Balaban J connectivity index is 3.59. The van der Waals surface area contributed by atoms with Crippen LogP contribution in [0.2, 0.25) is 0 Å². The molecule has 1 rings (SSSR count). The molecule has 0 atom stereocenters. The number of aromatic nitrogens is 1. The molecule has 0 aliphatic rings. The van der Waals surface area contributed by atoms with Gasteiger partial charge in [-0.3, -0.25) is 4.79 Å². The van der Waals surface area contributed by atoms with E-state index in [1.807, 2.05) is 20.8 Å². The van der Waals surface area contributed by atoms with E-state index in [-0.39, 0.29) is 11.0 Å². The maximum absolute atomic E-state index is 11.2. The van der Waals surface area contributed by atoms with Gasteiger partial charge in [0.05, 0.1) is 10.6 Å². The summed E-state index contributed by atoms with van der Waals surface area (Å²) in [6.07, 6.45) is 0. The predicted octanol–water partition coefficient (Wildman–Crippen LogP) is 1.83. The van der Waals surface area contributed by atoms with E-state index in [4.69, 9.17) is 5.26 Å². The van der Waals surface area contributed by atoms with Gasteiger partial charge in [-0.1, -0.05) is 20.8 Å². The smallest absolute Gasteiger partial charge is 0.249 e. The molecule has 0 spiro atoms. The fraction of sp³-hybridized carbons (Fsp3) is 0.400. The third-order valence-electron chi connectivity index (χ3n) is 1.94. The van der Waals surface area contributed by atoms with Crippen molar-refractivity contribution in [3.05, 3.63) is 27.5 Å². The molecule has 1 heterocycles. The van der Waals surface area contributed by atoms with E-state index in [1.165, 1.54) is 6.07 Å². The van der Waals surface area contributed by atoms with E-state index in [0.717, 1.165) is 5.56 Å². The largest absolute Gasteiger partial charge is 0.316 e. The number of aromatic amines is 1. The zero-order chi connectivity index (χ0) is 10.9. The molecule has 74 valence electrons. The Hall–Kier alpha value is -1.21. The summed E-state index contributed by atoms with van der Waals surface area (Å²) in [5.41, 5.74) is 0.727. The molecule has 0 bridgehead atoms. The van der Waals surface area contributed by atoms with Gasteiger partial charge in [-0.05, 0) is 11.0 Å². The highest BCUT2D eigenvalue weighted by Gasteiger charge is 2.20. The Morgan fingerprint density at radius 3 is 2.50 bits per heavy atom. The van der Waals surface area contributed by atoms with Crippen molar-refractivity contribution in [3.8, 4) is 6.07 Å². The van der Waals surface area contributed by atoms with Crippen LogP contribution in [0.25, 0.3) is 0 Å². The number of hydrogen-bond acceptors (Lipinski definition) is 3. The molecule has 14 heavy (non-hydrogen) atoms. The lowest BCUT2D eigenvalue weighted by Crippen LogP contribution is -2.19. The molecule has 0 fully saturated rings. The first-order valence-electron chi connectivity index (χ1n) is 4.23. The molecule has 0 aromatic carbocycles. The quantitative estimate of drug-likeness (QED) is 0.639. The van der Waals surface area contributed by atoms with Gasteiger partial charge in [0.15, 0.2) is 0 Å². The van der Waals surface area contributed by atoms with E-state index >= 15 is 0 Å². The molecule has 0 radical (unpaired) electrons. The Morgan fingerprint density at radius 1 is 1.50 bits per heavy atom. The Bertz CT molecular complexity index is 449. The van der Waals surface area contributed by atoms with Crippen molar-refractivity contribution in [1.29, 1.82) is 5.26 Å². The summed E-state index contributed by atoms with van der Waals surface area (Å²) < 4.78 is 0. The molecule has 3 nitrogen and oxygen atoms in total. The molecule has 1 aromatic rings. The van der Waals surface area contributed by atoms with Crippen LogP contribution < -0.4 is 5.56 Å². The SMILES string of the molecule is CC(C)(C)c1cc(=O)[nH]c(S)c1C#N. The second-order valence-corrected chi connectivity index (χ2v) is 4.58. The van der Waals surface area contributed by atoms with Gasteiger partial charge in [-0.25, -0.2) is 0 Å². The maximum Gasteiger partial charge on any atom is 0.249 e. The molecule has 4 heteroatoms. The number of thiol groups is 1. The van der Waals surface area contributed by atoms with E-state index in [9.17, 15) is 4.79 Å². The van der Waals surface area contributed by atoms with Crippen molar-refractivity contribution in [3.63, 3.8) is 0 Å². The van der Waals surface area contributed by atoms with Crippen LogP contribution >= 0.6 is 12.6 Å². The minimum atomic E-state index is -0.225. The molecule has 1 aromatic heterocycles. The van der Waals surface area contributed by atoms with Crippen LogP contribution in [-0.2, 0) is 5.41 Å². The standard InChI is InChI=1S/C10H12N2OS/c1-10(2,3)7-4-8(13)12-9(14)6(7)5-11/h4H,1-3H3,(H2,12,13,14). The highest BCUT2D eigenvalue weighted by atomic mass is 32.1. The van der Waals surface area contributed by atoms with Gasteiger partial charge < -0.3 is 4.98 Å². The van der Waals surface area contributed by atoms with Crippen molar-refractivity contribution >= 4 is 12.6 Å². The molecule has 0 saturated carbocycles. The summed E-state index contributed by atoms with van der Waals surface area (Å²) >= 11 is 4.07. The summed E-state index contributed by atoms with van der Waals surface area (Å²) in [6, 6.07) is 3.51. The Morgan fingerprint density at radius 2 is 2.07 bits per heavy atom. The van der Waals surface area contributed by atoms with Crippen molar-refractivity contribution in [2.45, 2.75) is 31.2 Å². The van der Waals surface area contributed by atoms with Crippen LogP contribution in [0.15, 0.2) is 15.9 Å². The summed E-state index contributed by atoms with van der Waals surface area (Å²) in [6.45, 7) is 5.86. The third-order valence-corrected chi connectivity index (χ3v) is 2.28. The molecule has 0 amide bonds. The van der Waals surface area contributed by atoms with Gasteiger partial charge in [0.2, 0.25) is 5.56 Å². The molecular formula is C10H12N2OS. The van der Waals surface area contributed by atoms with E-state index < -0.39 is 0 Å². The van der Waals surface area contributed by atoms with Gasteiger partial charge in [0.1, 0.15) is 6.07 Å². The van der Waals surface area contributed by atoms with Crippen LogP contribution in [0.3, 0.4) is 0 Å². The van der Waals surface area contributed by atoms with Crippen LogP contribution in [-0.4, -0.2) is 4.98 Å². The summed E-state index contributed by atoms with van der Waals surface area (Å²) in [4.78, 5) is 13.7. The highest BCUT2D eigenvalue weighted by Crippen LogP contribution is 2.26. The molecule has 0 unspecified atom stereocenters. The van der Waals surface area contributed by atoms with Crippen molar-refractivity contribution < 1.29 is 0 Å². The first-order valence-corrected chi connectivity index (χ1v) is 4.68. The molecule has 0 aliphatic heterocycles. The van der Waals surface area contributed by atoms with Crippen LogP contribution in [0, 0.1) is 11.3 Å². The minimum absolute atomic E-state index is 0.223. The lowest BCUT2D eigenvalue weighted by Gasteiger charge is -2.20. The van der Waals surface area contributed by atoms with Gasteiger partial charge in [-0.2, -0.15) is 5.26 Å². The maximum atomic E-state index is 11.2. The predicted molar refractivity (Wildman–Crippen MR) is 57.7 cm³/mol. The van der Waals surface area contributed by atoms with Crippen molar-refractivity contribution in [2.24, 2.45) is 0 Å². The second kappa shape index (κ2) is 3.50. The van der Waals surface area contributed by atoms with Crippen LogP contribution in [0.4, 0.5) is 0 Å². The fourth-order valence-electron chi connectivity index (χ4n) is 1.25. The van der Waals surface area contributed by atoms with Gasteiger partial charge in [0.25, 0.3) is 0 Å². The zero-order valence-corrected chi connectivity index (χ0v) is 9.27. The zero-order valence-electron chi connectivity index (χ0n) is 8.38. The van der Waals surface area contributed by atoms with Crippen molar-refractivity contribution in [2.75, 3.05) is 0 Å². The third kappa shape index (κ3) is 1.99. The lowest BCUT2D eigenvalue weighted by atomic mass is 9.85. The lowest BCUT2D eigenvalue weighted by molar-refractivity contribution is 0.583. The highest BCUT2D eigenvalue weighted by molar-refractivity contribution is 7.80. The van der Waals surface area contributed by atoms with Crippen LogP contribution in [0.5, 0.6) is 0 Å². The Kier molecular flexibility index (Phi) is 2.72. The van der Waals surface area contributed by atoms with Gasteiger partial charge in [0, 0.05) is 6.07 Å². The Labute approximate surface area is 88.2 Å². The summed E-state index contributed by atoms with van der Waals surface area (Å²) in [5, 5.41) is 9.27. The van der Waals surface area contributed by atoms with E-state index in [2.05, 4.69) is 23.7 Å². The summed E-state index contributed by atoms with van der Waals surface area (Å²) in [5.74, 6) is 0.